The van der Waals surface area contributed by atoms with E-state index in [1.807, 2.05) is 30.9 Å². The minimum atomic E-state index is 0.0116. The molecule has 3 heterocycles. The van der Waals surface area contributed by atoms with Crippen LogP contribution in [0.1, 0.15) is 38.3 Å². The lowest BCUT2D eigenvalue weighted by Gasteiger charge is -2.21. The topological polar surface area (TPSA) is 46.1 Å². The maximum Gasteiger partial charge on any atom is 0.225 e. The maximum absolute atomic E-state index is 12.5. The first kappa shape index (κ1) is 15.7. The molecule has 0 spiro atoms. The van der Waals surface area contributed by atoms with Crippen molar-refractivity contribution in [3.63, 3.8) is 0 Å². The van der Waals surface area contributed by atoms with Crippen LogP contribution in [0, 0.1) is 5.92 Å². The van der Waals surface area contributed by atoms with Crippen molar-refractivity contribution in [3.8, 4) is 0 Å². The van der Waals surface area contributed by atoms with Crippen molar-refractivity contribution in [2.75, 3.05) is 13.1 Å². The second-order valence-corrected chi connectivity index (χ2v) is 6.62. The van der Waals surface area contributed by atoms with Crippen LogP contribution in [0.4, 0.5) is 0 Å². The standard InChI is InChI=1S/C19H23N3O/c1-13(2)11-14(3)19(23)22-10-8-16(12-22)17-7-6-15-5-4-9-20-18(15)21-17/h4-7,9,14,16H,1,8,10-12H2,2-3H3. The number of hydrogen-bond acceptors (Lipinski definition) is 3. The van der Waals surface area contributed by atoms with E-state index in [9.17, 15) is 4.79 Å². The molecule has 0 bridgehead atoms. The molecule has 0 N–H and O–H groups in total. The van der Waals surface area contributed by atoms with Gasteiger partial charge in [0.05, 0.1) is 0 Å². The Kier molecular flexibility index (Phi) is 4.42. The Morgan fingerprint density at radius 1 is 1.43 bits per heavy atom. The quantitative estimate of drug-likeness (QED) is 0.811. The third-order valence-electron chi connectivity index (χ3n) is 4.48. The van der Waals surface area contributed by atoms with Crippen LogP contribution < -0.4 is 0 Å². The van der Waals surface area contributed by atoms with Crippen molar-refractivity contribution in [1.29, 1.82) is 0 Å². The van der Waals surface area contributed by atoms with Crippen molar-refractivity contribution >= 4 is 16.9 Å². The van der Waals surface area contributed by atoms with Gasteiger partial charge in [-0.2, -0.15) is 0 Å². The number of carbonyl (C=O) groups excluding carboxylic acids is 1. The average Bonchev–Trinajstić information content (AvgIpc) is 3.03. The van der Waals surface area contributed by atoms with Crippen molar-refractivity contribution in [2.45, 2.75) is 32.6 Å². The van der Waals surface area contributed by atoms with E-state index in [0.29, 0.717) is 5.92 Å². The molecule has 4 heteroatoms. The molecule has 2 unspecified atom stereocenters. The highest BCUT2D eigenvalue weighted by molar-refractivity contribution is 5.79. The summed E-state index contributed by atoms with van der Waals surface area (Å²) in [7, 11) is 0. The Labute approximate surface area is 137 Å². The lowest BCUT2D eigenvalue weighted by Crippen LogP contribution is -2.33. The summed E-state index contributed by atoms with van der Waals surface area (Å²) in [4.78, 5) is 23.5. The van der Waals surface area contributed by atoms with Crippen LogP contribution in [0.15, 0.2) is 42.6 Å². The number of hydrogen-bond donors (Lipinski definition) is 0. The van der Waals surface area contributed by atoms with Gasteiger partial charge in [0.25, 0.3) is 0 Å². The third-order valence-corrected chi connectivity index (χ3v) is 4.48. The van der Waals surface area contributed by atoms with Crippen molar-refractivity contribution in [3.05, 3.63) is 48.3 Å². The molecule has 0 aromatic carbocycles. The predicted octanol–water partition coefficient (Wildman–Crippen LogP) is 3.55. The highest BCUT2D eigenvalue weighted by atomic mass is 16.2. The molecular weight excluding hydrogens is 286 g/mol. The summed E-state index contributed by atoms with van der Waals surface area (Å²) in [5.41, 5.74) is 2.88. The van der Waals surface area contributed by atoms with E-state index in [-0.39, 0.29) is 11.8 Å². The van der Waals surface area contributed by atoms with Gasteiger partial charge in [0.2, 0.25) is 5.91 Å². The van der Waals surface area contributed by atoms with Gasteiger partial charge in [-0.3, -0.25) is 4.79 Å². The first-order chi connectivity index (χ1) is 11.0. The molecule has 0 saturated carbocycles. The zero-order valence-corrected chi connectivity index (χ0v) is 13.8. The minimum absolute atomic E-state index is 0.0116. The molecule has 0 radical (unpaired) electrons. The number of aromatic nitrogens is 2. The van der Waals surface area contributed by atoms with Crippen LogP contribution in [0.5, 0.6) is 0 Å². The number of carbonyl (C=O) groups is 1. The molecule has 1 amide bonds. The largest absolute Gasteiger partial charge is 0.342 e. The zero-order chi connectivity index (χ0) is 16.4. The fourth-order valence-electron chi connectivity index (χ4n) is 3.32. The Morgan fingerprint density at radius 2 is 2.26 bits per heavy atom. The summed E-state index contributed by atoms with van der Waals surface area (Å²) in [6, 6.07) is 8.07. The van der Waals surface area contributed by atoms with Crippen LogP contribution in [0.25, 0.3) is 11.0 Å². The molecule has 1 saturated heterocycles. The molecule has 4 nitrogen and oxygen atoms in total. The predicted molar refractivity (Wildman–Crippen MR) is 92.1 cm³/mol. The number of rotatable bonds is 4. The Morgan fingerprint density at radius 3 is 3.04 bits per heavy atom. The van der Waals surface area contributed by atoms with Gasteiger partial charge < -0.3 is 4.90 Å². The summed E-state index contributed by atoms with van der Waals surface area (Å²) in [6.45, 7) is 9.44. The Balaban J connectivity index is 1.71. The van der Waals surface area contributed by atoms with Crippen LogP contribution >= 0.6 is 0 Å². The molecule has 3 rings (SSSR count). The van der Waals surface area contributed by atoms with Crippen LogP contribution in [0.2, 0.25) is 0 Å². The number of pyridine rings is 2. The lowest BCUT2D eigenvalue weighted by atomic mass is 10.0. The van der Waals surface area contributed by atoms with E-state index in [4.69, 9.17) is 0 Å². The molecule has 120 valence electrons. The second-order valence-electron chi connectivity index (χ2n) is 6.62. The molecular formula is C19H23N3O. The first-order valence-corrected chi connectivity index (χ1v) is 8.19. The number of amides is 1. The normalized spacial score (nSPS) is 19.0. The van der Waals surface area contributed by atoms with Gasteiger partial charge in [0.1, 0.15) is 0 Å². The van der Waals surface area contributed by atoms with Crippen LogP contribution in [0.3, 0.4) is 0 Å². The lowest BCUT2D eigenvalue weighted by molar-refractivity contribution is -0.133. The molecule has 2 atom stereocenters. The zero-order valence-electron chi connectivity index (χ0n) is 13.8. The van der Waals surface area contributed by atoms with E-state index in [1.54, 1.807) is 6.20 Å². The maximum atomic E-state index is 12.5. The van der Waals surface area contributed by atoms with Gasteiger partial charge in [0.15, 0.2) is 5.65 Å². The molecule has 1 aliphatic rings. The Hall–Kier alpha value is -2.23. The molecule has 23 heavy (non-hydrogen) atoms. The number of nitrogens with zero attached hydrogens (tertiary/aromatic N) is 3. The van der Waals surface area contributed by atoms with E-state index >= 15 is 0 Å². The van der Waals surface area contributed by atoms with Gasteiger partial charge in [0, 0.05) is 42.2 Å². The van der Waals surface area contributed by atoms with Gasteiger partial charge in [-0.15, -0.1) is 6.58 Å². The number of likely N-dealkylation sites (tertiary alicyclic amines) is 1. The summed E-state index contributed by atoms with van der Waals surface area (Å²) >= 11 is 0. The van der Waals surface area contributed by atoms with Crippen molar-refractivity contribution < 1.29 is 4.79 Å². The average molecular weight is 309 g/mol. The van der Waals surface area contributed by atoms with E-state index in [0.717, 1.165) is 48.2 Å². The third kappa shape index (κ3) is 3.41. The van der Waals surface area contributed by atoms with Crippen LogP contribution in [-0.4, -0.2) is 33.9 Å². The first-order valence-electron chi connectivity index (χ1n) is 8.19. The summed E-state index contributed by atoms with van der Waals surface area (Å²) in [5, 5.41) is 1.05. The molecule has 2 aromatic rings. The van der Waals surface area contributed by atoms with Gasteiger partial charge in [-0.05, 0) is 44.0 Å². The van der Waals surface area contributed by atoms with Gasteiger partial charge in [-0.25, -0.2) is 9.97 Å². The summed E-state index contributed by atoms with van der Waals surface area (Å²) < 4.78 is 0. The summed E-state index contributed by atoms with van der Waals surface area (Å²) in [6.07, 6.45) is 3.50. The highest BCUT2D eigenvalue weighted by Gasteiger charge is 2.30. The van der Waals surface area contributed by atoms with Crippen LogP contribution in [-0.2, 0) is 4.79 Å². The smallest absolute Gasteiger partial charge is 0.225 e. The Bertz CT molecular complexity index is 740. The second kappa shape index (κ2) is 6.49. The fraction of sp³-hybridized carbons (Fsp3) is 0.421. The molecule has 1 aliphatic heterocycles. The molecule has 2 aromatic heterocycles. The van der Waals surface area contributed by atoms with E-state index in [2.05, 4.69) is 28.7 Å². The SMILES string of the molecule is C=C(C)CC(C)C(=O)N1CCC(c2ccc3cccnc3n2)C1. The number of allylic oxidation sites excluding steroid dienone is 1. The van der Waals surface area contributed by atoms with Crippen molar-refractivity contribution in [2.24, 2.45) is 5.92 Å². The minimum Gasteiger partial charge on any atom is -0.342 e. The van der Waals surface area contributed by atoms with E-state index < -0.39 is 0 Å². The highest BCUT2D eigenvalue weighted by Crippen LogP contribution is 2.28. The van der Waals surface area contributed by atoms with Crippen molar-refractivity contribution in [1.82, 2.24) is 14.9 Å². The summed E-state index contributed by atoms with van der Waals surface area (Å²) in [5.74, 6) is 0.550. The van der Waals surface area contributed by atoms with E-state index in [1.165, 1.54) is 0 Å². The monoisotopic (exact) mass is 309 g/mol. The molecule has 1 fully saturated rings. The fourth-order valence-corrected chi connectivity index (χ4v) is 3.32. The number of fused-ring (bicyclic) bond motifs is 1. The van der Waals surface area contributed by atoms with Gasteiger partial charge >= 0.3 is 0 Å². The van der Waals surface area contributed by atoms with Gasteiger partial charge in [-0.1, -0.05) is 12.5 Å². The molecule has 0 aliphatic carbocycles.